The number of nitro benzene ring substituents is 1. The predicted molar refractivity (Wildman–Crippen MR) is 52.0 cm³/mol. The van der Waals surface area contributed by atoms with Gasteiger partial charge in [0, 0.05) is 12.1 Å². The number of nitrogens with zero attached hydrogens (tertiary/aromatic N) is 1. The first kappa shape index (κ1) is 10.9. The van der Waals surface area contributed by atoms with E-state index in [0.29, 0.717) is 0 Å². The highest BCUT2D eigenvalue weighted by molar-refractivity contribution is 5.98. The minimum absolute atomic E-state index is 0.0266. The number of nitrogens with two attached hydrogens (primary N) is 1. The second-order valence-corrected chi connectivity index (χ2v) is 2.66. The summed E-state index contributed by atoms with van der Waals surface area (Å²) in [7, 11) is 1.28. The Kier molecular flexibility index (Phi) is 3.19. The molecule has 1 aromatic carbocycles. The predicted octanol–water partition coefficient (Wildman–Crippen LogP) is 0.468. The molecule has 0 aliphatic heterocycles. The van der Waals surface area contributed by atoms with Gasteiger partial charge in [-0.05, 0) is 6.07 Å². The lowest BCUT2D eigenvalue weighted by Gasteiger charge is -2.04. The van der Waals surface area contributed by atoms with E-state index in [-0.39, 0.29) is 16.9 Å². The molecule has 0 radical (unpaired) electrons. The minimum Gasteiger partial charge on any atom is -0.398 e. The number of hydrogen-bond acceptors (Lipinski definition) is 5. The highest BCUT2D eigenvalue weighted by Crippen LogP contribution is 2.19. The molecule has 0 spiro atoms. The summed E-state index contributed by atoms with van der Waals surface area (Å²) in [5, 5.41) is 10.4. The topological polar surface area (TPSA) is 107 Å². The van der Waals surface area contributed by atoms with E-state index in [2.05, 4.69) is 10.3 Å². The number of benzene rings is 1. The second-order valence-electron chi connectivity index (χ2n) is 2.66. The molecule has 0 aliphatic rings. The fraction of sp³-hybridized carbons (Fsp3) is 0.125. The van der Waals surface area contributed by atoms with Crippen LogP contribution in [0, 0.1) is 10.1 Å². The summed E-state index contributed by atoms with van der Waals surface area (Å²) < 4.78 is 0. The molecule has 0 bridgehead atoms. The lowest BCUT2D eigenvalue weighted by Crippen LogP contribution is -2.22. The zero-order chi connectivity index (χ0) is 11.4. The second kappa shape index (κ2) is 4.38. The van der Waals surface area contributed by atoms with Crippen LogP contribution in [0.15, 0.2) is 18.2 Å². The number of amides is 1. The molecule has 3 N–H and O–H groups in total. The van der Waals surface area contributed by atoms with Crippen LogP contribution < -0.4 is 11.2 Å². The first-order valence-electron chi connectivity index (χ1n) is 3.93. The summed E-state index contributed by atoms with van der Waals surface area (Å²) in [6, 6.07) is 3.58. The van der Waals surface area contributed by atoms with Crippen molar-refractivity contribution < 1.29 is 14.6 Å². The van der Waals surface area contributed by atoms with Crippen molar-refractivity contribution in [2.45, 2.75) is 0 Å². The number of rotatable bonds is 3. The van der Waals surface area contributed by atoms with Gasteiger partial charge in [0.2, 0.25) is 0 Å². The highest BCUT2D eigenvalue weighted by atomic mass is 16.6. The molecule has 0 unspecified atom stereocenters. The Bertz CT molecular complexity index is 405. The van der Waals surface area contributed by atoms with Gasteiger partial charge in [0.05, 0.1) is 23.3 Å². The number of nitrogen functional groups attached to an aromatic ring is 1. The van der Waals surface area contributed by atoms with Gasteiger partial charge in [-0.25, -0.2) is 5.48 Å². The van der Waals surface area contributed by atoms with E-state index >= 15 is 0 Å². The Balaban J connectivity index is 3.03. The van der Waals surface area contributed by atoms with Crippen molar-refractivity contribution in [2.75, 3.05) is 12.8 Å². The van der Waals surface area contributed by atoms with Crippen LogP contribution >= 0.6 is 0 Å². The number of nitro groups is 1. The fourth-order valence-electron chi connectivity index (χ4n) is 1.02. The Morgan fingerprint density at radius 3 is 2.73 bits per heavy atom. The molecular formula is C8H9N3O4. The van der Waals surface area contributed by atoms with E-state index in [4.69, 9.17) is 5.73 Å². The maximum atomic E-state index is 11.3. The monoisotopic (exact) mass is 211 g/mol. The van der Waals surface area contributed by atoms with Crippen LogP contribution in [0.4, 0.5) is 11.4 Å². The molecule has 7 nitrogen and oxygen atoms in total. The van der Waals surface area contributed by atoms with Gasteiger partial charge in [-0.15, -0.1) is 0 Å². The van der Waals surface area contributed by atoms with E-state index in [1.165, 1.54) is 19.2 Å². The smallest absolute Gasteiger partial charge is 0.276 e. The number of hydroxylamine groups is 1. The van der Waals surface area contributed by atoms with Gasteiger partial charge in [0.1, 0.15) is 0 Å². The summed E-state index contributed by atoms with van der Waals surface area (Å²) in [6.45, 7) is 0. The summed E-state index contributed by atoms with van der Waals surface area (Å²) in [6.07, 6.45) is 0. The number of carbonyl (C=O) groups is 1. The lowest BCUT2D eigenvalue weighted by molar-refractivity contribution is -0.384. The van der Waals surface area contributed by atoms with Gasteiger partial charge in [-0.2, -0.15) is 0 Å². The van der Waals surface area contributed by atoms with Crippen molar-refractivity contribution in [2.24, 2.45) is 0 Å². The van der Waals surface area contributed by atoms with Crippen LogP contribution in [0.1, 0.15) is 10.4 Å². The van der Waals surface area contributed by atoms with Gasteiger partial charge in [-0.1, -0.05) is 0 Å². The molecule has 0 aliphatic carbocycles. The Hall–Kier alpha value is -2.15. The van der Waals surface area contributed by atoms with Crippen molar-refractivity contribution >= 4 is 17.3 Å². The summed E-state index contributed by atoms with van der Waals surface area (Å²) in [5.74, 6) is -0.551. The Labute approximate surface area is 84.9 Å². The zero-order valence-electron chi connectivity index (χ0n) is 7.89. The maximum absolute atomic E-state index is 11.3. The van der Waals surface area contributed by atoms with Crippen molar-refractivity contribution in [1.29, 1.82) is 0 Å². The van der Waals surface area contributed by atoms with Crippen molar-refractivity contribution in [3.63, 3.8) is 0 Å². The van der Waals surface area contributed by atoms with E-state index in [9.17, 15) is 14.9 Å². The molecule has 15 heavy (non-hydrogen) atoms. The molecule has 0 aromatic heterocycles. The van der Waals surface area contributed by atoms with E-state index in [1.807, 2.05) is 0 Å². The molecular weight excluding hydrogens is 202 g/mol. The number of non-ortho nitro benzene ring substituents is 1. The average molecular weight is 211 g/mol. The number of hydrogen-bond donors (Lipinski definition) is 2. The van der Waals surface area contributed by atoms with Gasteiger partial charge in [0.15, 0.2) is 0 Å². The van der Waals surface area contributed by atoms with Gasteiger partial charge >= 0.3 is 0 Å². The Morgan fingerprint density at radius 1 is 1.60 bits per heavy atom. The zero-order valence-corrected chi connectivity index (χ0v) is 7.89. The molecule has 0 fully saturated rings. The summed E-state index contributed by atoms with van der Waals surface area (Å²) in [5.41, 5.74) is 7.52. The highest BCUT2D eigenvalue weighted by Gasteiger charge is 2.13. The van der Waals surface area contributed by atoms with Crippen LogP contribution in [0.5, 0.6) is 0 Å². The largest absolute Gasteiger partial charge is 0.398 e. The van der Waals surface area contributed by atoms with Crippen LogP contribution in [0.3, 0.4) is 0 Å². The summed E-state index contributed by atoms with van der Waals surface area (Å²) >= 11 is 0. The first-order valence-corrected chi connectivity index (χ1v) is 3.93. The van der Waals surface area contributed by atoms with Crippen molar-refractivity contribution in [3.05, 3.63) is 33.9 Å². The van der Waals surface area contributed by atoms with Gasteiger partial charge in [-0.3, -0.25) is 19.7 Å². The lowest BCUT2D eigenvalue weighted by atomic mass is 10.1. The molecule has 80 valence electrons. The molecule has 0 heterocycles. The van der Waals surface area contributed by atoms with Crippen molar-refractivity contribution in [1.82, 2.24) is 5.48 Å². The van der Waals surface area contributed by atoms with E-state index in [1.54, 1.807) is 0 Å². The number of anilines is 1. The van der Waals surface area contributed by atoms with Crippen molar-refractivity contribution in [3.8, 4) is 0 Å². The SMILES string of the molecule is CONC(=O)c1ccc([N+](=O)[O-])cc1N. The van der Waals surface area contributed by atoms with Crippen LogP contribution in [0.2, 0.25) is 0 Å². The molecule has 1 amide bonds. The average Bonchev–Trinajstić information content (AvgIpc) is 2.17. The fourth-order valence-corrected chi connectivity index (χ4v) is 1.02. The van der Waals surface area contributed by atoms with Crippen LogP contribution in [-0.2, 0) is 4.84 Å². The first-order chi connectivity index (χ1) is 7.06. The van der Waals surface area contributed by atoms with Crippen LogP contribution in [0.25, 0.3) is 0 Å². The van der Waals surface area contributed by atoms with E-state index in [0.717, 1.165) is 6.07 Å². The number of nitrogens with one attached hydrogen (secondary N) is 1. The quantitative estimate of drug-likeness (QED) is 0.429. The van der Waals surface area contributed by atoms with Gasteiger partial charge in [0.25, 0.3) is 11.6 Å². The maximum Gasteiger partial charge on any atom is 0.276 e. The number of carbonyl (C=O) groups excluding carboxylic acids is 1. The third-order valence-corrected chi connectivity index (χ3v) is 1.69. The minimum atomic E-state index is -0.589. The molecule has 0 saturated heterocycles. The molecule has 0 saturated carbocycles. The molecule has 1 rings (SSSR count). The molecule has 7 heteroatoms. The third kappa shape index (κ3) is 2.41. The Morgan fingerprint density at radius 2 is 2.27 bits per heavy atom. The normalized spacial score (nSPS) is 9.67. The molecule has 0 atom stereocenters. The molecule has 1 aromatic rings. The van der Waals surface area contributed by atoms with E-state index < -0.39 is 10.8 Å². The third-order valence-electron chi connectivity index (χ3n) is 1.69. The summed E-state index contributed by atoms with van der Waals surface area (Å²) in [4.78, 5) is 25.5. The standard InChI is InChI=1S/C8H9N3O4/c1-15-10-8(12)6-3-2-5(11(13)14)4-7(6)9/h2-4H,9H2,1H3,(H,10,12). The van der Waals surface area contributed by atoms with Crippen LogP contribution in [-0.4, -0.2) is 17.9 Å². The van der Waals surface area contributed by atoms with Gasteiger partial charge < -0.3 is 5.73 Å².